The van der Waals surface area contributed by atoms with Crippen molar-refractivity contribution < 1.29 is 14.3 Å². The number of carbonyl (C=O) groups excluding carboxylic acids is 1. The van der Waals surface area contributed by atoms with Crippen LogP contribution in [0.5, 0.6) is 5.75 Å². The molecule has 0 saturated carbocycles. The highest BCUT2D eigenvalue weighted by Gasteiger charge is 2.14. The zero-order valence-corrected chi connectivity index (χ0v) is 11.1. The normalized spacial score (nSPS) is 12.3. The second kappa shape index (κ2) is 5.21. The predicted octanol–water partition coefficient (Wildman–Crippen LogP) is 1.58. The molecule has 1 aliphatic heterocycles. The van der Waals surface area contributed by atoms with Gasteiger partial charge in [-0.2, -0.15) is 0 Å². The van der Waals surface area contributed by atoms with Crippen LogP contribution in [0.1, 0.15) is 12.0 Å². The van der Waals surface area contributed by atoms with E-state index in [2.05, 4.69) is 6.08 Å². The van der Waals surface area contributed by atoms with Gasteiger partial charge in [-0.05, 0) is 17.4 Å². The maximum atomic E-state index is 11.6. The van der Waals surface area contributed by atoms with Gasteiger partial charge in [0.05, 0.1) is 7.11 Å². The average molecular weight is 266 g/mol. The summed E-state index contributed by atoms with van der Waals surface area (Å²) in [6, 6.07) is 15.6. The molecule has 0 aromatic heterocycles. The van der Waals surface area contributed by atoms with Crippen LogP contribution in [0.3, 0.4) is 0 Å². The first kappa shape index (κ1) is 12.5. The molecule has 3 rings (SSSR count). The summed E-state index contributed by atoms with van der Waals surface area (Å²) in [6.07, 6.45) is 2.19. The van der Waals surface area contributed by atoms with Gasteiger partial charge in [0, 0.05) is 10.8 Å². The number of para-hydroxylation sites is 1. The van der Waals surface area contributed by atoms with Crippen LogP contribution in [0, 0.1) is 0 Å². The highest BCUT2D eigenvalue weighted by atomic mass is 16.5. The van der Waals surface area contributed by atoms with E-state index in [1.165, 1.54) is 7.11 Å². The first-order valence-electron chi connectivity index (χ1n) is 6.41. The Labute approximate surface area is 116 Å². The fourth-order valence-electron chi connectivity index (χ4n) is 2.26. The van der Waals surface area contributed by atoms with Gasteiger partial charge in [-0.1, -0.05) is 42.5 Å². The Morgan fingerprint density at radius 3 is 2.70 bits per heavy atom. The summed E-state index contributed by atoms with van der Waals surface area (Å²) in [4.78, 5) is 11.6. The number of fused-ring (bicyclic) bond motifs is 2. The zero-order chi connectivity index (χ0) is 13.9. The van der Waals surface area contributed by atoms with E-state index in [-0.39, 0.29) is 12.4 Å². The Hall–Kier alpha value is -2.55. The molecule has 0 N–H and O–H groups in total. The second-order valence-corrected chi connectivity index (χ2v) is 4.55. The van der Waals surface area contributed by atoms with E-state index in [1.54, 1.807) is 0 Å². The van der Waals surface area contributed by atoms with Crippen molar-refractivity contribution in [3.63, 3.8) is 0 Å². The standard InChI is InChI=1S/C17H14O3/c1-19-17(18)11-16-14-8-4-2-6-12(14)10-13-7-3-5-9-15(13)20-16/h2-10H,11H2,1H3. The van der Waals surface area contributed by atoms with Gasteiger partial charge in [0.1, 0.15) is 17.9 Å². The molecule has 100 valence electrons. The molecule has 3 nitrogen and oxygen atoms in total. The number of ether oxygens (including phenoxy) is 2. The molecule has 3 heteroatoms. The minimum atomic E-state index is -0.311. The van der Waals surface area contributed by atoms with Crippen molar-refractivity contribution in [1.82, 2.24) is 0 Å². The molecule has 0 fully saturated rings. The first-order valence-corrected chi connectivity index (χ1v) is 6.41. The third-order valence-electron chi connectivity index (χ3n) is 3.26. The summed E-state index contributed by atoms with van der Waals surface area (Å²) in [5.41, 5.74) is 1.000. The molecular weight excluding hydrogens is 252 g/mol. The number of hydrogen-bond acceptors (Lipinski definition) is 3. The summed E-state index contributed by atoms with van der Waals surface area (Å²) >= 11 is 0. The molecule has 0 spiro atoms. The molecule has 2 aromatic rings. The van der Waals surface area contributed by atoms with Crippen LogP contribution in [0.25, 0.3) is 11.8 Å². The molecular formula is C17H14O3. The number of rotatable bonds is 2. The predicted molar refractivity (Wildman–Crippen MR) is 76.4 cm³/mol. The lowest BCUT2D eigenvalue weighted by Crippen LogP contribution is -2.28. The highest BCUT2D eigenvalue weighted by molar-refractivity contribution is 5.79. The quantitative estimate of drug-likeness (QED) is 0.774. The zero-order valence-electron chi connectivity index (χ0n) is 11.1. The lowest BCUT2D eigenvalue weighted by atomic mass is 10.1. The average Bonchev–Trinajstić information content (AvgIpc) is 2.63. The van der Waals surface area contributed by atoms with Crippen molar-refractivity contribution in [1.29, 1.82) is 0 Å². The minimum Gasteiger partial charge on any atom is -0.469 e. The fourth-order valence-corrected chi connectivity index (χ4v) is 2.26. The van der Waals surface area contributed by atoms with Crippen LogP contribution in [-0.4, -0.2) is 13.1 Å². The number of esters is 1. The van der Waals surface area contributed by atoms with E-state index < -0.39 is 0 Å². The Morgan fingerprint density at radius 1 is 1.10 bits per heavy atom. The number of benzene rings is 2. The molecule has 1 heterocycles. The van der Waals surface area contributed by atoms with Crippen LogP contribution >= 0.6 is 0 Å². The molecule has 0 aliphatic carbocycles. The van der Waals surface area contributed by atoms with E-state index in [4.69, 9.17) is 9.47 Å². The molecule has 0 atom stereocenters. The van der Waals surface area contributed by atoms with E-state index in [0.717, 1.165) is 21.8 Å². The third kappa shape index (κ3) is 2.30. The lowest BCUT2D eigenvalue weighted by molar-refractivity contribution is -0.139. The largest absolute Gasteiger partial charge is 0.469 e. The van der Waals surface area contributed by atoms with E-state index in [0.29, 0.717) is 5.76 Å². The van der Waals surface area contributed by atoms with Crippen LogP contribution in [-0.2, 0) is 9.53 Å². The minimum absolute atomic E-state index is 0.121. The smallest absolute Gasteiger partial charge is 0.313 e. The van der Waals surface area contributed by atoms with Crippen LogP contribution in [0.2, 0.25) is 0 Å². The first-order chi connectivity index (χ1) is 9.78. The number of carbonyl (C=O) groups is 1. The molecule has 0 radical (unpaired) electrons. The van der Waals surface area contributed by atoms with Gasteiger partial charge in [0.15, 0.2) is 0 Å². The van der Waals surface area contributed by atoms with Crippen molar-refractivity contribution in [2.75, 3.05) is 7.11 Å². The van der Waals surface area contributed by atoms with Crippen molar-refractivity contribution in [2.45, 2.75) is 6.42 Å². The van der Waals surface area contributed by atoms with E-state index >= 15 is 0 Å². The van der Waals surface area contributed by atoms with Crippen LogP contribution in [0.4, 0.5) is 0 Å². The van der Waals surface area contributed by atoms with Crippen molar-refractivity contribution in [3.05, 3.63) is 64.5 Å². The van der Waals surface area contributed by atoms with Crippen molar-refractivity contribution >= 4 is 17.8 Å². The molecule has 0 amide bonds. The van der Waals surface area contributed by atoms with Crippen molar-refractivity contribution in [3.8, 4) is 5.75 Å². The SMILES string of the molecule is COC(=O)CC1=c2ccccc2=Cc2ccccc2O1. The highest BCUT2D eigenvalue weighted by Crippen LogP contribution is 2.23. The number of methoxy groups -OCH3 is 1. The van der Waals surface area contributed by atoms with Gasteiger partial charge < -0.3 is 9.47 Å². The van der Waals surface area contributed by atoms with Crippen LogP contribution in [0.15, 0.2) is 48.5 Å². The Balaban J connectivity index is 2.23. The molecule has 1 aliphatic rings. The Morgan fingerprint density at radius 2 is 1.85 bits per heavy atom. The van der Waals surface area contributed by atoms with Gasteiger partial charge in [-0.25, -0.2) is 0 Å². The summed E-state index contributed by atoms with van der Waals surface area (Å²) in [5.74, 6) is 1.06. The molecule has 0 saturated heterocycles. The van der Waals surface area contributed by atoms with Gasteiger partial charge in [-0.3, -0.25) is 4.79 Å². The van der Waals surface area contributed by atoms with Gasteiger partial charge in [0.25, 0.3) is 0 Å². The Bertz CT molecular complexity index is 775. The summed E-state index contributed by atoms with van der Waals surface area (Å²) < 4.78 is 10.7. The maximum Gasteiger partial charge on any atom is 0.313 e. The molecule has 0 bridgehead atoms. The maximum absolute atomic E-state index is 11.6. The van der Waals surface area contributed by atoms with E-state index in [1.807, 2.05) is 48.5 Å². The third-order valence-corrected chi connectivity index (χ3v) is 3.26. The molecule has 20 heavy (non-hydrogen) atoms. The number of hydrogen-bond donors (Lipinski definition) is 0. The summed E-state index contributed by atoms with van der Waals surface area (Å²) in [6.45, 7) is 0. The van der Waals surface area contributed by atoms with Crippen LogP contribution < -0.4 is 15.2 Å². The lowest BCUT2D eigenvalue weighted by Gasteiger charge is -2.10. The van der Waals surface area contributed by atoms with E-state index in [9.17, 15) is 4.79 Å². The molecule has 0 unspecified atom stereocenters. The van der Waals surface area contributed by atoms with Gasteiger partial charge >= 0.3 is 5.97 Å². The monoisotopic (exact) mass is 266 g/mol. The Kier molecular flexibility index (Phi) is 3.25. The van der Waals surface area contributed by atoms with Gasteiger partial charge in [-0.15, -0.1) is 0 Å². The molecule has 2 aromatic carbocycles. The van der Waals surface area contributed by atoms with Crippen molar-refractivity contribution in [2.24, 2.45) is 0 Å². The second-order valence-electron chi connectivity index (χ2n) is 4.55. The topological polar surface area (TPSA) is 35.5 Å². The summed E-state index contributed by atoms with van der Waals surface area (Å²) in [5, 5.41) is 1.96. The fraction of sp³-hybridized carbons (Fsp3) is 0.118. The van der Waals surface area contributed by atoms with Gasteiger partial charge in [0.2, 0.25) is 0 Å². The summed E-state index contributed by atoms with van der Waals surface area (Å²) in [7, 11) is 1.38.